The molecule has 1 atom stereocenters. The predicted octanol–water partition coefficient (Wildman–Crippen LogP) is 1.75. The molecule has 4 nitrogen and oxygen atoms in total. The number of carbonyl (C=O) groups is 1. The van der Waals surface area contributed by atoms with Gasteiger partial charge in [-0.25, -0.2) is 4.39 Å². The van der Waals surface area contributed by atoms with Crippen molar-refractivity contribution < 1.29 is 13.9 Å². The molecule has 0 aliphatic carbocycles. The zero-order chi connectivity index (χ0) is 13.5. The lowest BCUT2D eigenvalue weighted by atomic mass is 10.1. The molecule has 0 bridgehead atoms. The maximum absolute atomic E-state index is 13.1. The molecule has 3 N–H and O–H groups in total. The summed E-state index contributed by atoms with van der Waals surface area (Å²) in [5, 5.41) is 2.67. The molecular weight excluding hydrogens is 235 g/mol. The van der Waals surface area contributed by atoms with Gasteiger partial charge in [0, 0.05) is 18.2 Å². The van der Waals surface area contributed by atoms with Crippen LogP contribution in [0.4, 0.5) is 4.39 Å². The number of carbonyl (C=O) groups excluding carboxylic acids is 1. The van der Waals surface area contributed by atoms with Crippen molar-refractivity contribution in [2.45, 2.75) is 26.3 Å². The molecule has 0 spiro atoms. The predicted molar refractivity (Wildman–Crippen MR) is 67.8 cm³/mol. The quantitative estimate of drug-likeness (QED) is 0.813. The van der Waals surface area contributed by atoms with Gasteiger partial charge in [0.1, 0.15) is 11.6 Å². The first kappa shape index (κ1) is 14.4. The topological polar surface area (TPSA) is 64.3 Å². The first-order chi connectivity index (χ1) is 8.54. The molecule has 0 radical (unpaired) electrons. The first-order valence-corrected chi connectivity index (χ1v) is 5.99. The molecule has 0 heterocycles. The maximum Gasteiger partial charge on any atom is 0.223 e. The second-order valence-corrected chi connectivity index (χ2v) is 4.02. The molecule has 0 aliphatic rings. The molecule has 0 aromatic heterocycles. The van der Waals surface area contributed by atoms with Gasteiger partial charge in [-0.05, 0) is 32.0 Å². The summed E-state index contributed by atoms with van der Waals surface area (Å²) < 4.78 is 18.5. The summed E-state index contributed by atoms with van der Waals surface area (Å²) in [6.45, 7) is 4.45. The van der Waals surface area contributed by atoms with Gasteiger partial charge in [0.15, 0.2) is 0 Å². The van der Waals surface area contributed by atoms with Crippen LogP contribution in [0.1, 0.15) is 31.9 Å². The number of ether oxygens (including phenoxy) is 1. The number of nitrogens with one attached hydrogen (secondary N) is 1. The van der Waals surface area contributed by atoms with Gasteiger partial charge in [-0.3, -0.25) is 4.79 Å². The van der Waals surface area contributed by atoms with Crippen LogP contribution < -0.4 is 15.8 Å². The Balaban J connectivity index is 2.59. The lowest BCUT2D eigenvalue weighted by Crippen LogP contribution is -2.24. The average molecular weight is 254 g/mol. The van der Waals surface area contributed by atoms with Crippen molar-refractivity contribution in [3.63, 3.8) is 0 Å². The van der Waals surface area contributed by atoms with E-state index in [9.17, 15) is 9.18 Å². The van der Waals surface area contributed by atoms with Gasteiger partial charge in [-0.2, -0.15) is 0 Å². The minimum absolute atomic E-state index is 0.0676. The normalized spacial score (nSPS) is 12.0. The summed E-state index contributed by atoms with van der Waals surface area (Å²) >= 11 is 0. The van der Waals surface area contributed by atoms with Crippen molar-refractivity contribution in [2.24, 2.45) is 5.73 Å². The van der Waals surface area contributed by atoms with Gasteiger partial charge in [0.05, 0.1) is 13.0 Å². The van der Waals surface area contributed by atoms with E-state index >= 15 is 0 Å². The molecule has 100 valence electrons. The second-order valence-electron chi connectivity index (χ2n) is 4.02. The van der Waals surface area contributed by atoms with Crippen LogP contribution >= 0.6 is 0 Å². The Labute approximate surface area is 106 Å². The third-order valence-corrected chi connectivity index (χ3v) is 2.42. The molecule has 1 aromatic carbocycles. The second kappa shape index (κ2) is 6.96. The number of hydrogen-bond acceptors (Lipinski definition) is 3. The standard InChI is InChI=1S/C13H19FN2O2/c1-3-16-13(17)6-7-18-12-5-4-10(14)8-11(12)9(2)15/h4-5,8-9H,3,6-7,15H2,1-2H3,(H,16,17). The summed E-state index contributed by atoms with van der Waals surface area (Å²) in [5.74, 6) is 0.107. The zero-order valence-corrected chi connectivity index (χ0v) is 10.7. The van der Waals surface area contributed by atoms with Gasteiger partial charge in [0.2, 0.25) is 5.91 Å². The highest BCUT2D eigenvalue weighted by Crippen LogP contribution is 2.24. The minimum Gasteiger partial charge on any atom is -0.493 e. The fourth-order valence-electron chi connectivity index (χ4n) is 1.55. The molecule has 1 unspecified atom stereocenters. The lowest BCUT2D eigenvalue weighted by Gasteiger charge is -2.14. The largest absolute Gasteiger partial charge is 0.493 e. The Morgan fingerprint density at radius 2 is 2.28 bits per heavy atom. The van der Waals surface area contributed by atoms with Gasteiger partial charge >= 0.3 is 0 Å². The van der Waals surface area contributed by atoms with Crippen LogP contribution in [0.25, 0.3) is 0 Å². The molecule has 1 aromatic rings. The fraction of sp³-hybridized carbons (Fsp3) is 0.462. The van der Waals surface area contributed by atoms with E-state index in [4.69, 9.17) is 10.5 Å². The van der Waals surface area contributed by atoms with E-state index < -0.39 is 0 Å². The summed E-state index contributed by atoms with van der Waals surface area (Å²) in [6, 6.07) is 3.88. The number of amides is 1. The van der Waals surface area contributed by atoms with E-state index in [1.165, 1.54) is 18.2 Å². The molecular formula is C13H19FN2O2. The van der Waals surface area contributed by atoms with Crippen molar-refractivity contribution in [1.29, 1.82) is 0 Å². The SMILES string of the molecule is CCNC(=O)CCOc1ccc(F)cc1C(C)N. The lowest BCUT2D eigenvalue weighted by molar-refractivity contribution is -0.121. The molecule has 0 fully saturated rings. The number of hydrogen-bond donors (Lipinski definition) is 2. The Bertz CT molecular complexity index is 408. The fourth-order valence-corrected chi connectivity index (χ4v) is 1.55. The summed E-state index contributed by atoms with van der Waals surface area (Å²) in [7, 11) is 0. The van der Waals surface area contributed by atoms with Crippen LogP contribution in [0.3, 0.4) is 0 Å². The van der Waals surface area contributed by atoms with Crippen LogP contribution in [-0.4, -0.2) is 19.1 Å². The van der Waals surface area contributed by atoms with Crippen LogP contribution in [-0.2, 0) is 4.79 Å². The summed E-state index contributed by atoms with van der Waals surface area (Å²) in [4.78, 5) is 11.2. The Morgan fingerprint density at radius 1 is 1.56 bits per heavy atom. The average Bonchev–Trinajstić information content (AvgIpc) is 2.31. The van der Waals surface area contributed by atoms with Crippen LogP contribution in [0.5, 0.6) is 5.75 Å². The molecule has 1 amide bonds. The van der Waals surface area contributed by atoms with Gasteiger partial charge in [-0.15, -0.1) is 0 Å². The van der Waals surface area contributed by atoms with Crippen molar-refractivity contribution >= 4 is 5.91 Å². The van der Waals surface area contributed by atoms with Crippen molar-refractivity contribution in [3.8, 4) is 5.75 Å². The van der Waals surface area contributed by atoms with Gasteiger partial charge in [0.25, 0.3) is 0 Å². The van der Waals surface area contributed by atoms with E-state index in [2.05, 4.69) is 5.32 Å². The molecule has 5 heteroatoms. The van der Waals surface area contributed by atoms with E-state index in [-0.39, 0.29) is 30.8 Å². The van der Waals surface area contributed by atoms with Crippen molar-refractivity contribution in [2.75, 3.05) is 13.2 Å². The van der Waals surface area contributed by atoms with E-state index in [1.54, 1.807) is 6.92 Å². The number of benzene rings is 1. The Morgan fingerprint density at radius 3 is 2.89 bits per heavy atom. The van der Waals surface area contributed by atoms with Gasteiger partial charge in [-0.1, -0.05) is 0 Å². The van der Waals surface area contributed by atoms with Crippen LogP contribution in [0.2, 0.25) is 0 Å². The first-order valence-electron chi connectivity index (χ1n) is 5.99. The molecule has 0 saturated heterocycles. The number of halogens is 1. The molecule has 0 saturated carbocycles. The molecule has 1 rings (SSSR count). The number of rotatable bonds is 6. The Hall–Kier alpha value is -1.62. The third kappa shape index (κ3) is 4.33. The van der Waals surface area contributed by atoms with Crippen molar-refractivity contribution in [3.05, 3.63) is 29.6 Å². The highest BCUT2D eigenvalue weighted by molar-refractivity contribution is 5.75. The van der Waals surface area contributed by atoms with Gasteiger partial charge < -0.3 is 15.8 Å². The van der Waals surface area contributed by atoms with E-state index in [0.29, 0.717) is 17.9 Å². The van der Waals surface area contributed by atoms with Crippen LogP contribution in [0, 0.1) is 5.82 Å². The maximum atomic E-state index is 13.1. The number of nitrogens with two attached hydrogens (primary N) is 1. The summed E-state index contributed by atoms with van der Waals surface area (Å²) in [6.07, 6.45) is 0.267. The Kier molecular flexibility index (Phi) is 5.58. The smallest absolute Gasteiger partial charge is 0.223 e. The zero-order valence-electron chi connectivity index (χ0n) is 10.7. The third-order valence-electron chi connectivity index (χ3n) is 2.42. The van der Waals surface area contributed by atoms with Crippen molar-refractivity contribution in [1.82, 2.24) is 5.32 Å². The molecule has 18 heavy (non-hydrogen) atoms. The summed E-state index contributed by atoms with van der Waals surface area (Å²) in [5.41, 5.74) is 6.34. The molecule has 0 aliphatic heterocycles. The van der Waals surface area contributed by atoms with Crippen LogP contribution in [0.15, 0.2) is 18.2 Å². The monoisotopic (exact) mass is 254 g/mol. The van der Waals surface area contributed by atoms with E-state index in [1.807, 2.05) is 6.92 Å². The highest BCUT2D eigenvalue weighted by Gasteiger charge is 2.10. The van der Waals surface area contributed by atoms with E-state index in [0.717, 1.165) is 0 Å². The minimum atomic E-state index is -0.349. The highest BCUT2D eigenvalue weighted by atomic mass is 19.1.